The molecule has 1 aromatic heterocycles. The average Bonchev–Trinajstić information content (AvgIpc) is 2.95. The van der Waals surface area contributed by atoms with E-state index in [1.54, 1.807) is 12.1 Å². The van der Waals surface area contributed by atoms with Crippen molar-refractivity contribution in [3.05, 3.63) is 65.5 Å². The fraction of sp³-hybridized carbons (Fsp3) is 0.222. The maximum atomic E-state index is 12.1. The van der Waals surface area contributed by atoms with E-state index in [0.717, 1.165) is 35.3 Å². The number of hydrogen-bond acceptors (Lipinski definition) is 3. The van der Waals surface area contributed by atoms with Gasteiger partial charge in [0.2, 0.25) is 0 Å². The lowest BCUT2D eigenvalue weighted by Crippen LogP contribution is -2.05. The minimum Gasteiger partial charge on any atom is -0.457 e. The van der Waals surface area contributed by atoms with E-state index in [9.17, 15) is 4.79 Å². The quantitative estimate of drug-likeness (QED) is 0.727. The second-order valence-corrected chi connectivity index (χ2v) is 5.23. The molecule has 3 aromatic rings. The molecule has 4 nitrogen and oxygen atoms in total. The lowest BCUT2D eigenvalue weighted by Gasteiger charge is -2.04. The van der Waals surface area contributed by atoms with Gasteiger partial charge in [-0.1, -0.05) is 37.3 Å². The lowest BCUT2D eigenvalue weighted by molar-refractivity contribution is 0.0473. The molecule has 1 heterocycles. The second kappa shape index (κ2) is 6.43. The third-order valence-electron chi connectivity index (χ3n) is 3.47. The van der Waals surface area contributed by atoms with Crippen molar-refractivity contribution in [2.24, 2.45) is 0 Å². The molecule has 0 unspecified atom stereocenters. The maximum absolute atomic E-state index is 12.1. The van der Waals surface area contributed by atoms with Crippen molar-refractivity contribution in [3.8, 4) is 0 Å². The maximum Gasteiger partial charge on any atom is 0.338 e. The number of carbonyl (C=O) groups is 1. The van der Waals surface area contributed by atoms with Gasteiger partial charge in [0, 0.05) is 6.42 Å². The number of fused-ring (bicyclic) bond motifs is 1. The van der Waals surface area contributed by atoms with Crippen LogP contribution in [-0.2, 0) is 17.8 Å². The Hall–Kier alpha value is -2.62. The van der Waals surface area contributed by atoms with Crippen LogP contribution >= 0.6 is 0 Å². The van der Waals surface area contributed by atoms with Gasteiger partial charge in [-0.2, -0.15) is 0 Å². The van der Waals surface area contributed by atoms with Gasteiger partial charge < -0.3 is 9.72 Å². The van der Waals surface area contributed by atoms with Crippen LogP contribution in [0.1, 0.15) is 35.1 Å². The highest BCUT2D eigenvalue weighted by molar-refractivity contribution is 5.93. The minimum atomic E-state index is -0.322. The molecular formula is C18H18N2O2. The Bertz CT molecular complexity index is 778. The van der Waals surface area contributed by atoms with Gasteiger partial charge in [0.25, 0.3) is 0 Å². The number of nitrogens with zero attached hydrogens (tertiary/aromatic N) is 1. The Balaban J connectivity index is 1.73. The molecule has 1 N–H and O–H groups in total. The van der Waals surface area contributed by atoms with Gasteiger partial charge in [-0.25, -0.2) is 9.78 Å². The number of aryl methyl sites for hydroxylation is 1. The zero-order chi connectivity index (χ0) is 15.4. The molecule has 0 aliphatic rings. The first-order valence-electron chi connectivity index (χ1n) is 7.46. The standard InChI is InChI=1S/C18H18N2O2/c1-2-6-17-19-15-10-9-14(11-16(15)20-17)18(21)22-12-13-7-4-3-5-8-13/h3-5,7-11H,2,6,12H2,1H3,(H,19,20). The average molecular weight is 294 g/mol. The number of hydrogen-bond donors (Lipinski definition) is 1. The van der Waals surface area contributed by atoms with E-state index < -0.39 is 0 Å². The van der Waals surface area contributed by atoms with E-state index in [1.807, 2.05) is 36.4 Å². The van der Waals surface area contributed by atoms with Gasteiger partial charge in [0.05, 0.1) is 16.6 Å². The molecule has 0 aliphatic carbocycles. The SMILES string of the molecule is CCCc1nc2ccc(C(=O)OCc3ccccc3)cc2[nH]1. The van der Waals surface area contributed by atoms with Crippen molar-refractivity contribution < 1.29 is 9.53 Å². The third kappa shape index (κ3) is 3.17. The molecule has 0 atom stereocenters. The van der Waals surface area contributed by atoms with Crippen LogP contribution in [0.25, 0.3) is 11.0 Å². The summed E-state index contributed by atoms with van der Waals surface area (Å²) in [7, 11) is 0. The highest BCUT2D eigenvalue weighted by atomic mass is 16.5. The minimum absolute atomic E-state index is 0.280. The van der Waals surface area contributed by atoms with E-state index >= 15 is 0 Å². The molecule has 0 fully saturated rings. The number of aromatic nitrogens is 2. The molecule has 0 bridgehead atoms. The number of ether oxygens (including phenoxy) is 1. The van der Waals surface area contributed by atoms with Crippen LogP contribution in [0, 0.1) is 0 Å². The number of esters is 1. The summed E-state index contributed by atoms with van der Waals surface area (Å²) in [6.45, 7) is 2.39. The Labute approximate surface area is 129 Å². The number of rotatable bonds is 5. The molecule has 4 heteroatoms. The smallest absolute Gasteiger partial charge is 0.338 e. The van der Waals surface area contributed by atoms with Crippen LogP contribution < -0.4 is 0 Å². The van der Waals surface area contributed by atoms with Gasteiger partial charge in [-0.3, -0.25) is 0 Å². The number of H-pyrrole nitrogens is 1. The Morgan fingerprint density at radius 3 is 2.77 bits per heavy atom. The third-order valence-corrected chi connectivity index (χ3v) is 3.47. The topological polar surface area (TPSA) is 55.0 Å². The van der Waals surface area contributed by atoms with Crippen LogP contribution in [-0.4, -0.2) is 15.9 Å². The first-order chi connectivity index (χ1) is 10.8. The number of aromatic amines is 1. The highest BCUT2D eigenvalue weighted by Crippen LogP contribution is 2.16. The normalized spacial score (nSPS) is 10.8. The monoisotopic (exact) mass is 294 g/mol. The van der Waals surface area contributed by atoms with Gasteiger partial charge in [-0.05, 0) is 30.2 Å². The number of benzene rings is 2. The summed E-state index contributed by atoms with van der Waals surface area (Å²) in [6.07, 6.45) is 1.94. The van der Waals surface area contributed by atoms with Crippen LogP contribution in [0.2, 0.25) is 0 Å². The fourth-order valence-corrected chi connectivity index (χ4v) is 2.35. The van der Waals surface area contributed by atoms with Crippen LogP contribution in [0.15, 0.2) is 48.5 Å². The molecule has 22 heavy (non-hydrogen) atoms. The molecule has 0 radical (unpaired) electrons. The van der Waals surface area contributed by atoms with Gasteiger partial charge >= 0.3 is 5.97 Å². The largest absolute Gasteiger partial charge is 0.457 e. The number of imidazole rings is 1. The Morgan fingerprint density at radius 1 is 1.18 bits per heavy atom. The zero-order valence-electron chi connectivity index (χ0n) is 12.5. The highest BCUT2D eigenvalue weighted by Gasteiger charge is 2.10. The summed E-state index contributed by atoms with van der Waals surface area (Å²) >= 11 is 0. The molecule has 0 spiro atoms. The van der Waals surface area contributed by atoms with Gasteiger partial charge in [0.15, 0.2) is 0 Å². The molecule has 112 valence electrons. The summed E-state index contributed by atoms with van der Waals surface area (Å²) in [5.41, 5.74) is 3.26. The van der Waals surface area contributed by atoms with Crippen molar-refractivity contribution in [3.63, 3.8) is 0 Å². The summed E-state index contributed by atoms with van der Waals surface area (Å²) in [6, 6.07) is 15.1. The lowest BCUT2D eigenvalue weighted by atomic mass is 10.2. The van der Waals surface area contributed by atoms with Crippen molar-refractivity contribution in [2.45, 2.75) is 26.4 Å². The predicted molar refractivity (Wildman–Crippen MR) is 85.7 cm³/mol. The first kappa shape index (κ1) is 14.3. The van der Waals surface area contributed by atoms with E-state index in [4.69, 9.17) is 4.74 Å². The molecule has 0 saturated heterocycles. The van der Waals surface area contributed by atoms with E-state index in [0.29, 0.717) is 5.56 Å². The fourth-order valence-electron chi connectivity index (χ4n) is 2.35. The molecular weight excluding hydrogens is 276 g/mol. The van der Waals surface area contributed by atoms with Gasteiger partial charge in [0.1, 0.15) is 12.4 Å². The zero-order valence-corrected chi connectivity index (χ0v) is 12.5. The summed E-state index contributed by atoms with van der Waals surface area (Å²) in [5, 5.41) is 0. The first-order valence-corrected chi connectivity index (χ1v) is 7.46. The number of carbonyl (C=O) groups excluding carboxylic acids is 1. The van der Waals surface area contributed by atoms with E-state index in [2.05, 4.69) is 16.9 Å². The molecule has 0 amide bonds. The predicted octanol–water partition coefficient (Wildman–Crippen LogP) is 3.87. The van der Waals surface area contributed by atoms with Crippen molar-refractivity contribution in [1.29, 1.82) is 0 Å². The summed E-state index contributed by atoms with van der Waals surface area (Å²) < 4.78 is 5.34. The molecule has 0 aliphatic heterocycles. The van der Waals surface area contributed by atoms with E-state index in [-0.39, 0.29) is 12.6 Å². The summed E-state index contributed by atoms with van der Waals surface area (Å²) in [4.78, 5) is 19.9. The molecule has 2 aromatic carbocycles. The molecule has 0 saturated carbocycles. The number of nitrogens with one attached hydrogen (secondary N) is 1. The van der Waals surface area contributed by atoms with Gasteiger partial charge in [-0.15, -0.1) is 0 Å². The second-order valence-electron chi connectivity index (χ2n) is 5.23. The van der Waals surface area contributed by atoms with Crippen molar-refractivity contribution >= 4 is 17.0 Å². The van der Waals surface area contributed by atoms with Crippen LogP contribution in [0.4, 0.5) is 0 Å². The van der Waals surface area contributed by atoms with Crippen molar-refractivity contribution in [1.82, 2.24) is 9.97 Å². The van der Waals surface area contributed by atoms with Crippen LogP contribution in [0.5, 0.6) is 0 Å². The van der Waals surface area contributed by atoms with Crippen molar-refractivity contribution in [2.75, 3.05) is 0 Å². The Morgan fingerprint density at radius 2 is 2.00 bits per heavy atom. The Kier molecular flexibility index (Phi) is 4.19. The summed E-state index contributed by atoms with van der Waals surface area (Å²) in [5.74, 6) is 0.629. The van der Waals surface area contributed by atoms with Crippen LogP contribution in [0.3, 0.4) is 0 Å². The van der Waals surface area contributed by atoms with E-state index in [1.165, 1.54) is 0 Å². The molecule has 3 rings (SSSR count).